The molecule has 0 bridgehead atoms. The van der Waals surface area contributed by atoms with Crippen LogP contribution in [0.2, 0.25) is 0 Å². The van der Waals surface area contributed by atoms with Crippen LogP contribution in [0.15, 0.2) is 54.6 Å². The summed E-state index contributed by atoms with van der Waals surface area (Å²) in [6.45, 7) is 0.687. The van der Waals surface area contributed by atoms with E-state index < -0.39 is 5.97 Å². The Morgan fingerprint density at radius 3 is 2.32 bits per heavy atom. The second-order valence-corrected chi connectivity index (χ2v) is 5.26. The maximum Gasteiger partial charge on any atom is 0.343 e. The Morgan fingerprint density at radius 2 is 1.64 bits per heavy atom. The van der Waals surface area contributed by atoms with Crippen LogP contribution in [0.5, 0.6) is 5.75 Å². The number of rotatable bonds is 6. The molecule has 0 heterocycles. The molecule has 0 radical (unpaired) electrons. The highest BCUT2D eigenvalue weighted by atomic mass is 16.5. The molecule has 2 rings (SSSR count). The van der Waals surface area contributed by atoms with Crippen LogP contribution in [-0.2, 0) is 0 Å². The van der Waals surface area contributed by atoms with Gasteiger partial charge in [0.15, 0.2) is 5.78 Å². The van der Waals surface area contributed by atoms with Gasteiger partial charge < -0.3 is 9.64 Å². The summed E-state index contributed by atoms with van der Waals surface area (Å²) in [7, 11) is 3.84. The summed E-state index contributed by atoms with van der Waals surface area (Å²) in [5.41, 5.74) is 1.03. The number of hydrogen-bond donors (Lipinski definition) is 0. The smallest absolute Gasteiger partial charge is 0.343 e. The second kappa shape index (κ2) is 7.52. The molecule has 22 heavy (non-hydrogen) atoms. The number of Topliss-reactive ketones (excluding diaryl/α,β-unsaturated/α-hetero) is 1. The second-order valence-electron chi connectivity index (χ2n) is 5.26. The zero-order valence-electron chi connectivity index (χ0n) is 12.8. The molecular weight excluding hydrogens is 278 g/mol. The van der Waals surface area contributed by atoms with Gasteiger partial charge in [0.2, 0.25) is 0 Å². The Hall–Kier alpha value is -2.46. The Labute approximate surface area is 130 Å². The van der Waals surface area contributed by atoms with E-state index in [1.54, 1.807) is 48.5 Å². The van der Waals surface area contributed by atoms with Gasteiger partial charge in [-0.2, -0.15) is 0 Å². The van der Waals surface area contributed by atoms with E-state index in [0.717, 1.165) is 0 Å². The highest BCUT2D eigenvalue weighted by Crippen LogP contribution is 2.16. The molecule has 0 unspecified atom stereocenters. The lowest BCUT2D eigenvalue weighted by Crippen LogP contribution is -2.16. The lowest BCUT2D eigenvalue weighted by molar-refractivity contribution is 0.0733. The fraction of sp³-hybridized carbons (Fsp3) is 0.222. The summed E-state index contributed by atoms with van der Waals surface area (Å²) in [5.74, 6) is -0.0191. The lowest BCUT2D eigenvalue weighted by Gasteiger charge is -2.09. The molecule has 0 aliphatic rings. The zero-order chi connectivity index (χ0) is 15.9. The van der Waals surface area contributed by atoms with Crippen LogP contribution in [0.1, 0.15) is 27.1 Å². The largest absolute Gasteiger partial charge is 0.423 e. The molecule has 0 aliphatic heterocycles. The first-order chi connectivity index (χ1) is 10.6. The van der Waals surface area contributed by atoms with Crippen LogP contribution < -0.4 is 4.74 Å². The Morgan fingerprint density at radius 1 is 0.955 bits per heavy atom. The van der Waals surface area contributed by atoms with Crippen molar-refractivity contribution in [2.24, 2.45) is 0 Å². The first kappa shape index (κ1) is 15.9. The van der Waals surface area contributed by atoms with Crippen molar-refractivity contribution in [1.29, 1.82) is 0 Å². The summed E-state index contributed by atoms with van der Waals surface area (Å²) < 4.78 is 5.32. The van der Waals surface area contributed by atoms with Gasteiger partial charge in [0.1, 0.15) is 5.75 Å². The SMILES string of the molecule is CN(C)CCC(=O)c1cccc(OC(=O)c2ccccc2)c1. The van der Waals surface area contributed by atoms with Crippen LogP contribution in [0.4, 0.5) is 0 Å². The van der Waals surface area contributed by atoms with Gasteiger partial charge in [0.25, 0.3) is 0 Å². The number of nitrogens with zero attached hydrogens (tertiary/aromatic N) is 1. The summed E-state index contributed by atoms with van der Waals surface area (Å²) in [4.78, 5) is 26.0. The third kappa shape index (κ3) is 4.53. The molecule has 0 atom stereocenters. The summed E-state index contributed by atoms with van der Waals surface area (Å²) >= 11 is 0. The van der Waals surface area contributed by atoms with Crippen LogP contribution in [0.3, 0.4) is 0 Å². The molecule has 2 aromatic carbocycles. The number of ether oxygens (including phenoxy) is 1. The van der Waals surface area contributed by atoms with Crippen molar-refractivity contribution in [2.75, 3.05) is 20.6 Å². The van der Waals surface area contributed by atoms with E-state index in [-0.39, 0.29) is 5.78 Å². The van der Waals surface area contributed by atoms with E-state index in [1.807, 2.05) is 25.1 Å². The number of esters is 1. The van der Waals surface area contributed by atoms with E-state index in [4.69, 9.17) is 4.74 Å². The third-order valence-electron chi connectivity index (χ3n) is 3.16. The molecule has 0 N–H and O–H groups in total. The van der Waals surface area contributed by atoms with Gasteiger partial charge in [-0.25, -0.2) is 4.79 Å². The normalized spacial score (nSPS) is 10.5. The van der Waals surface area contributed by atoms with Gasteiger partial charge >= 0.3 is 5.97 Å². The first-order valence-electron chi connectivity index (χ1n) is 7.11. The van der Waals surface area contributed by atoms with Crippen molar-refractivity contribution in [3.63, 3.8) is 0 Å². The summed E-state index contributed by atoms with van der Waals surface area (Å²) in [6.07, 6.45) is 0.434. The van der Waals surface area contributed by atoms with E-state index in [2.05, 4.69) is 0 Å². The topological polar surface area (TPSA) is 46.6 Å². The van der Waals surface area contributed by atoms with E-state index in [1.165, 1.54) is 0 Å². The van der Waals surface area contributed by atoms with Gasteiger partial charge in [0.05, 0.1) is 5.56 Å². The van der Waals surface area contributed by atoms with Gasteiger partial charge in [-0.3, -0.25) is 4.79 Å². The molecular formula is C18H19NO3. The monoisotopic (exact) mass is 297 g/mol. The molecule has 0 fully saturated rings. The maximum absolute atomic E-state index is 12.1. The Balaban J connectivity index is 2.05. The summed E-state index contributed by atoms with van der Waals surface area (Å²) in [6, 6.07) is 15.5. The highest BCUT2D eigenvalue weighted by molar-refractivity contribution is 5.97. The minimum Gasteiger partial charge on any atom is -0.423 e. The van der Waals surface area contributed by atoms with Crippen molar-refractivity contribution in [2.45, 2.75) is 6.42 Å². The predicted octanol–water partition coefficient (Wildman–Crippen LogP) is 3.04. The first-order valence-corrected chi connectivity index (χ1v) is 7.11. The van der Waals surface area contributed by atoms with Crippen molar-refractivity contribution in [3.05, 3.63) is 65.7 Å². The fourth-order valence-corrected chi connectivity index (χ4v) is 1.94. The van der Waals surface area contributed by atoms with Gasteiger partial charge in [0, 0.05) is 18.5 Å². The Bertz CT molecular complexity index is 650. The number of ketones is 1. The minimum absolute atomic E-state index is 0.0336. The molecule has 2 aromatic rings. The van der Waals surface area contributed by atoms with Crippen molar-refractivity contribution < 1.29 is 14.3 Å². The van der Waals surface area contributed by atoms with Crippen molar-refractivity contribution in [1.82, 2.24) is 4.90 Å². The zero-order valence-corrected chi connectivity index (χ0v) is 12.8. The molecule has 0 saturated carbocycles. The molecule has 114 valence electrons. The molecule has 0 aliphatic carbocycles. The molecule has 0 spiro atoms. The molecule has 0 aromatic heterocycles. The van der Waals surface area contributed by atoms with E-state index in [9.17, 15) is 9.59 Å². The average Bonchev–Trinajstić information content (AvgIpc) is 2.53. The summed E-state index contributed by atoms with van der Waals surface area (Å²) in [5, 5.41) is 0. The van der Waals surface area contributed by atoms with E-state index in [0.29, 0.717) is 29.8 Å². The van der Waals surface area contributed by atoms with E-state index >= 15 is 0 Å². The maximum atomic E-state index is 12.1. The van der Waals surface area contributed by atoms with Crippen LogP contribution in [0.25, 0.3) is 0 Å². The van der Waals surface area contributed by atoms with Crippen molar-refractivity contribution in [3.8, 4) is 5.75 Å². The predicted molar refractivity (Wildman–Crippen MR) is 85.3 cm³/mol. The van der Waals surface area contributed by atoms with Crippen LogP contribution in [0, 0.1) is 0 Å². The highest BCUT2D eigenvalue weighted by Gasteiger charge is 2.11. The molecule has 4 nitrogen and oxygen atoms in total. The third-order valence-corrected chi connectivity index (χ3v) is 3.16. The quantitative estimate of drug-likeness (QED) is 0.467. The average molecular weight is 297 g/mol. The van der Waals surface area contributed by atoms with Crippen molar-refractivity contribution >= 4 is 11.8 Å². The van der Waals surface area contributed by atoms with Gasteiger partial charge in [-0.15, -0.1) is 0 Å². The standard InChI is InChI=1S/C18H19NO3/c1-19(2)12-11-17(20)15-9-6-10-16(13-15)22-18(21)14-7-4-3-5-8-14/h3-10,13H,11-12H2,1-2H3. The lowest BCUT2D eigenvalue weighted by atomic mass is 10.1. The number of hydrogen-bond acceptors (Lipinski definition) is 4. The minimum atomic E-state index is -0.432. The van der Waals surface area contributed by atoms with Crippen LogP contribution >= 0.6 is 0 Å². The molecule has 0 saturated heterocycles. The number of carbonyl (C=O) groups excluding carboxylic acids is 2. The van der Waals surface area contributed by atoms with Gasteiger partial charge in [-0.1, -0.05) is 30.3 Å². The Kier molecular flexibility index (Phi) is 5.44. The van der Waals surface area contributed by atoms with Gasteiger partial charge in [-0.05, 0) is 38.4 Å². The van der Waals surface area contributed by atoms with Crippen LogP contribution in [-0.4, -0.2) is 37.3 Å². The number of benzene rings is 2. The fourth-order valence-electron chi connectivity index (χ4n) is 1.94. The number of carbonyl (C=O) groups is 2. The molecule has 4 heteroatoms. The molecule has 0 amide bonds.